The summed E-state index contributed by atoms with van der Waals surface area (Å²) in [4.78, 5) is 13.8. The molecule has 0 spiro atoms. The molecule has 1 aromatic rings. The number of carbonyl (C=O) groups excluding carboxylic acids is 1. The van der Waals surface area contributed by atoms with Crippen LogP contribution in [0.2, 0.25) is 0 Å². The number of allylic oxidation sites excluding steroid dienone is 1. The molecular weight excluding hydrogens is 688 g/mol. The summed E-state index contributed by atoms with van der Waals surface area (Å²) in [6, 6.07) is 1.94. The molecule has 0 aromatic carbocycles. The highest BCUT2D eigenvalue weighted by Crippen LogP contribution is 2.58. The number of ether oxygens (including phenoxy) is 8. The maximum atomic E-state index is 13.8. The molecule has 3 saturated heterocycles. The topological polar surface area (TPSA) is 165 Å². The van der Waals surface area contributed by atoms with Gasteiger partial charge in [0.1, 0.15) is 29.9 Å². The zero-order chi connectivity index (χ0) is 37.8. The van der Waals surface area contributed by atoms with Gasteiger partial charge in [-0.2, -0.15) is 0 Å². The van der Waals surface area contributed by atoms with Crippen molar-refractivity contribution in [2.24, 2.45) is 17.3 Å². The van der Waals surface area contributed by atoms with E-state index in [1.165, 1.54) is 5.57 Å². The van der Waals surface area contributed by atoms with Crippen molar-refractivity contribution >= 4 is 5.78 Å². The molecule has 53 heavy (non-hydrogen) atoms. The van der Waals surface area contributed by atoms with Gasteiger partial charge in [0.05, 0.1) is 55.1 Å². The third kappa shape index (κ3) is 7.70. The number of fused-ring (bicyclic) bond motifs is 3. The Balaban J connectivity index is 0.932. The van der Waals surface area contributed by atoms with Crippen LogP contribution in [0.25, 0.3) is 0 Å². The minimum atomic E-state index is -0.885. The quantitative estimate of drug-likeness (QED) is 0.310. The van der Waals surface area contributed by atoms with Crippen LogP contribution in [-0.4, -0.2) is 121 Å². The maximum Gasteiger partial charge on any atom is 0.161 e. The zero-order valence-corrected chi connectivity index (χ0v) is 32.1. The van der Waals surface area contributed by atoms with Gasteiger partial charge < -0.3 is 57.6 Å². The van der Waals surface area contributed by atoms with Crippen LogP contribution in [-0.2, 0) is 42.7 Å². The Hall–Kier alpha value is -1.75. The van der Waals surface area contributed by atoms with E-state index in [9.17, 15) is 20.1 Å². The molecule has 2 saturated carbocycles. The van der Waals surface area contributed by atoms with Crippen molar-refractivity contribution in [2.75, 3.05) is 14.2 Å². The molecule has 0 amide bonds. The van der Waals surface area contributed by atoms with Crippen molar-refractivity contribution < 1.29 is 62.4 Å². The number of aliphatic hydroxyl groups excluding tert-OH is 3. The molecule has 0 radical (unpaired) electrons. The molecule has 4 heterocycles. The highest BCUT2D eigenvalue weighted by atomic mass is 16.7. The van der Waals surface area contributed by atoms with Crippen LogP contribution >= 0.6 is 0 Å². The minimum absolute atomic E-state index is 0.0626. The Morgan fingerprint density at radius 3 is 2.11 bits per heavy atom. The molecule has 298 valence electrons. The van der Waals surface area contributed by atoms with Gasteiger partial charge in [-0.3, -0.25) is 4.79 Å². The summed E-state index contributed by atoms with van der Waals surface area (Å²) in [6.45, 7) is 9.63. The van der Waals surface area contributed by atoms with Gasteiger partial charge in [0.15, 0.2) is 18.9 Å². The van der Waals surface area contributed by atoms with Crippen molar-refractivity contribution in [3.63, 3.8) is 0 Å². The van der Waals surface area contributed by atoms with Gasteiger partial charge >= 0.3 is 0 Å². The van der Waals surface area contributed by atoms with Crippen molar-refractivity contribution in [3.8, 4) is 0 Å². The van der Waals surface area contributed by atoms with E-state index in [4.69, 9.17) is 42.3 Å². The summed E-state index contributed by atoms with van der Waals surface area (Å²) in [5.74, 6) is 1.11. The summed E-state index contributed by atoms with van der Waals surface area (Å²) in [5, 5.41) is 33.0. The molecule has 0 unspecified atom stereocenters. The minimum Gasteiger partial charge on any atom is -0.469 e. The summed E-state index contributed by atoms with van der Waals surface area (Å²) in [5.41, 5.74) is 2.00. The Morgan fingerprint density at radius 2 is 1.43 bits per heavy atom. The predicted octanol–water partition coefficient (Wildman–Crippen LogP) is 4.07. The lowest BCUT2D eigenvalue weighted by atomic mass is 9.51. The molecule has 13 heteroatoms. The van der Waals surface area contributed by atoms with Gasteiger partial charge in [-0.05, 0) is 77.2 Å². The first-order valence-corrected chi connectivity index (χ1v) is 19.6. The number of aliphatic hydroxyl groups is 3. The van der Waals surface area contributed by atoms with E-state index in [2.05, 4.69) is 13.0 Å². The fourth-order valence-electron chi connectivity index (χ4n) is 10.3. The summed E-state index contributed by atoms with van der Waals surface area (Å²) < 4.78 is 54.3. The molecule has 18 atom stereocenters. The van der Waals surface area contributed by atoms with E-state index >= 15 is 0 Å². The maximum absolute atomic E-state index is 13.8. The van der Waals surface area contributed by atoms with Crippen LogP contribution in [0, 0.1) is 24.2 Å². The van der Waals surface area contributed by atoms with E-state index in [1.54, 1.807) is 27.4 Å². The third-order valence-electron chi connectivity index (χ3n) is 13.4. The highest BCUT2D eigenvalue weighted by Gasteiger charge is 2.55. The van der Waals surface area contributed by atoms with Crippen molar-refractivity contribution in [1.29, 1.82) is 0 Å². The summed E-state index contributed by atoms with van der Waals surface area (Å²) in [6.07, 6.45) is 0.130. The molecule has 3 aliphatic heterocycles. The van der Waals surface area contributed by atoms with E-state index in [-0.39, 0.29) is 35.7 Å². The SMILES string of the molecule is CO[C@H]1C[C@H](O[C@@H]2CC3=CC[C@H]4C(=O)[C@H](c5ccoc5C)CC[C@@H]4[C@@]3(C)C[C@H]2O)O[C@H](C)[C@H]1O[C@H]1C[C@H](O)[C@H](O[C@H]2C[C@@H](OC)[C@@H](O)[C@H](C)O2)[C@@H](C)O1. The number of methoxy groups -OCH3 is 2. The van der Waals surface area contributed by atoms with Gasteiger partial charge in [0, 0.05) is 50.9 Å². The van der Waals surface area contributed by atoms with Gasteiger partial charge in [-0.25, -0.2) is 0 Å². The standard InChI is InChI=1S/C40H60O13/c1-19-24(12-13-47-19)25-10-11-27-26(37(25)44)9-8-23-14-30(29(42)18-40(23,27)5)51-34-17-32(46-7)39(22(4)50-34)53-33-15-28(41)38(21(3)49-33)52-35-16-31(45-6)36(43)20(2)48-35/h8,12-13,20-22,25-36,38-39,41-43H,9-11,14-18H2,1-7H3/t20-,21+,22+,25-,26+,27-,28-,29+,30+,31+,32-,33-,34-,35-,36-,38+,39+,40-/m0/s1. The van der Waals surface area contributed by atoms with Gasteiger partial charge in [-0.1, -0.05) is 18.6 Å². The molecule has 0 bridgehead atoms. The van der Waals surface area contributed by atoms with E-state index < -0.39 is 79.9 Å². The van der Waals surface area contributed by atoms with Crippen LogP contribution in [0.15, 0.2) is 28.4 Å². The summed E-state index contributed by atoms with van der Waals surface area (Å²) >= 11 is 0. The molecule has 13 nitrogen and oxygen atoms in total. The first kappa shape index (κ1) is 39.5. The Labute approximate surface area is 312 Å². The van der Waals surface area contributed by atoms with Crippen LogP contribution in [0.5, 0.6) is 0 Å². The second-order valence-corrected chi connectivity index (χ2v) is 16.5. The Bertz CT molecular complexity index is 1430. The lowest BCUT2D eigenvalue weighted by Crippen LogP contribution is -2.57. The predicted molar refractivity (Wildman–Crippen MR) is 189 cm³/mol. The third-order valence-corrected chi connectivity index (χ3v) is 13.4. The van der Waals surface area contributed by atoms with Crippen molar-refractivity contribution in [3.05, 3.63) is 35.3 Å². The average molecular weight is 749 g/mol. The Kier molecular flexibility index (Phi) is 11.9. The fraction of sp³-hybridized carbons (Fsp3) is 0.825. The highest BCUT2D eigenvalue weighted by molar-refractivity contribution is 5.89. The van der Waals surface area contributed by atoms with E-state index in [0.717, 1.165) is 24.2 Å². The average Bonchev–Trinajstić information content (AvgIpc) is 3.54. The molecule has 3 aliphatic carbocycles. The van der Waals surface area contributed by atoms with Crippen LogP contribution in [0.1, 0.15) is 96.3 Å². The molecule has 6 aliphatic rings. The molecule has 1 aromatic heterocycles. The Morgan fingerprint density at radius 1 is 0.792 bits per heavy atom. The van der Waals surface area contributed by atoms with Crippen molar-refractivity contribution in [2.45, 2.75) is 178 Å². The molecular formula is C40H60O13. The van der Waals surface area contributed by atoms with Gasteiger partial charge in [0.2, 0.25) is 0 Å². The number of hydrogen-bond donors (Lipinski definition) is 3. The number of furan rings is 1. The van der Waals surface area contributed by atoms with Crippen LogP contribution in [0.4, 0.5) is 0 Å². The first-order chi connectivity index (χ1) is 25.3. The van der Waals surface area contributed by atoms with E-state index in [0.29, 0.717) is 37.9 Å². The smallest absolute Gasteiger partial charge is 0.161 e. The first-order valence-electron chi connectivity index (χ1n) is 19.6. The van der Waals surface area contributed by atoms with Crippen LogP contribution < -0.4 is 0 Å². The molecule has 7 rings (SSSR count). The monoisotopic (exact) mass is 748 g/mol. The lowest BCUT2D eigenvalue weighted by Gasteiger charge is -2.54. The number of aryl methyl sites for hydroxylation is 1. The zero-order valence-electron chi connectivity index (χ0n) is 32.1. The second kappa shape index (κ2) is 16.0. The van der Waals surface area contributed by atoms with Gasteiger partial charge in [0.25, 0.3) is 0 Å². The molecule has 3 N–H and O–H groups in total. The number of carbonyl (C=O) groups is 1. The number of ketones is 1. The number of rotatable bonds is 9. The number of hydrogen-bond acceptors (Lipinski definition) is 13. The normalized spacial score (nSPS) is 47.8. The second-order valence-electron chi connectivity index (χ2n) is 16.5. The molecule has 5 fully saturated rings. The van der Waals surface area contributed by atoms with Crippen molar-refractivity contribution in [1.82, 2.24) is 0 Å². The fourth-order valence-corrected chi connectivity index (χ4v) is 10.3. The largest absolute Gasteiger partial charge is 0.469 e. The van der Waals surface area contributed by atoms with Gasteiger partial charge in [-0.15, -0.1) is 0 Å². The number of Topliss-reactive ketones (excluding diaryl/α,β-unsaturated/α-hetero) is 1. The lowest BCUT2D eigenvalue weighted by molar-refractivity contribution is -0.338. The van der Waals surface area contributed by atoms with Crippen LogP contribution in [0.3, 0.4) is 0 Å². The summed E-state index contributed by atoms with van der Waals surface area (Å²) in [7, 11) is 3.17. The van der Waals surface area contributed by atoms with E-state index in [1.807, 2.05) is 26.8 Å².